The van der Waals surface area contributed by atoms with E-state index in [9.17, 15) is 20.1 Å². The number of nitrogens with zero attached hydrogens (tertiary/aromatic N) is 5. The third-order valence-corrected chi connectivity index (χ3v) is 4.37. The monoisotopic (exact) mass is 536 g/mol. The SMILES string of the molecule is CC.CC.CC.Cc1[nH]n(C)c(=O)c1N=Nc1ccccc1O.Oc1ccccc1N=Nc1ccccc1O. The van der Waals surface area contributed by atoms with Crippen molar-refractivity contribution in [1.29, 1.82) is 0 Å². The minimum Gasteiger partial charge on any atom is -0.506 e. The molecule has 0 aliphatic heterocycles. The summed E-state index contributed by atoms with van der Waals surface area (Å²) in [6, 6.07) is 19.8. The maximum Gasteiger partial charge on any atom is 0.294 e. The van der Waals surface area contributed by atoms with Crippen LogP contribution in [0, 0.1) is 6.92 Å². The lowest BCUT2D eigenvalue weighted by Crippen LogP contribution is -2.10. The summed E-state index contributed by atoms with van der Waals surface area (Å²) in [5, 5.41) is 46.6. The number of rotatable bonds is 4. The molecule has 0 fully saturated rings. The van der Waals surface area contributed by atoms with Gasteiger partial charge in [0.25, 0.3) is 5.56 Å². The van der Waals surface area contributed by atoms with E-state index in [1.54, 1.807) is 68.6 Å². The van der Waals surface area contributed by atoms with Gasteiger partial charge in [0.05, 0.1) is 5.69 Å². The van der Waals surface area contributed by atoms with E-state index in [1.807, 2.05) is 41.5 Å². The summed E-state index contributed by atoms with van der Waals surface area (Å²) in [4.78, 5) is 11.6. The molecule has 210 valence electrons. The van der Waals surface area contributed by atoms with Crippen molar-refractivity contribution in [1.82, 2.24) is 9.78 Å². The van der Waals surface area contributed by atoms with Crippen LogP contribution in [0.5, 0.6) is 17.2 Å². The summed E-state index contributed by atoms with van der Waals surface area (Å²) in [6.45, 7) is 13.7. The van der Waals surface area contributed by atoms with E-state index in [0.717, 1.165) is 0 Å². The van der Waals surface area contributed by atoms with E-state index >= 15 is 0 Å². The van der Waals surface area contributed by atoms with Crippen molar-refractivity contribution in [3.63, 3.8) is 0 Å². The molecule has 0 bridgehead atoms. The Bertz CT molecular complexity index is 1310. The van der Waals surface area contributed by atoms with Gasteiger partial charge in [0, 0.05) is 7.05 Å². The van der Waals surface area contributed by atoms with Crippen LogP contribution in [0.1, 0.15) is 47.2 Å². The lowest BCUT2D eigenvalue weighted by molar-refractivity contribution is 0.474. The number of phenolic OH excluding ortho intramolecular Hbond substituents is 3. The highest BCUT2D eigenvalue weighted by Crippen LogP contribution is 2.30. The Hall–Kier alpha value is -4.73. The molecule has 39 heavy (non-hydrogen) atoms. The summed E-state index contributed by atoms with van der Waals surface area (Å²) < 4.78 is 1.33. The van der Waals surface area contributed by atoms with Gasteiger partial charge in [0.15, 0.2) is 5.69 Å². The van der Waals surface area contributed by atoms with Gasteiger partial charge < -0.3 is 15.3 Å². The third kappa shape index (κ3) is 11.0. The van der Waals surface area contributed by atoms with E-state index in [2.05, 4.69) is 25.6 Å². The molecule has 0 spiro atoms. The van der Waals surface area contributed by atoms with E-state index < -0.39 is 0 Å². The number of hydrogen-bond acceptors (Lipinski definition) is 8. The standard InChI is InChI=1S/C12H10N2O2.C11H12N4O2.3C2H6/c15-11-7-3-1-5-9(11)13-14-10-6-2-4-8-12(10)16;1-7-10(11(17)15(2)14-7)13-12-8-5-3-4-6-9(8)16;3*1-2/h1-8,15-16H;3-6,14,16H,1-2H3;3*1-2H3. The minimum absolute atomic E-state index is 0.0289. The van der Waals surface area contributed by atoms with Crippen molar-refractivity contribution in [2.45, 2.75) is 48.5 Å². The second-order valence-electron chi connectivity index (χ2n) is 6.82. The van der Waals surface area contributed by atoms with Gasteiger partial charge in [-0.2, -0.15) is 0 Å². The summed E-state index contributed by atoms with van der Waals surface area (Å²) in [5.74, 6) is 0.143. The number of hydrogen-bond donors (Lipinski definition) is 4. The number of benzene rings is 3. The van der Waals surface area contributed by atoms with Crippen LogP contribution in [0.4, 0.5) is 22.7 Å². The zero-order valence-electron chi connectivity index (χ0n) is 23.9. The van der Waals surface area contributed by atoms with Gasteiger partial charge >= 0.3 is 0 Å². The van der Waals surface area contributed by atoms with E-state index in [1.165, 1.54) is 22.9 Å². The summed E-state index contributed by atoms with van der Waals surface area (Å²) in [7, 11) is 1.61. The topological polar surface area (TPSA) is 148 Å². The Kier molecular flexibility index (Phi) is 17.0. The second-order valence-corrected chi connectivity index (χ2v) is 6.82. The van der Waals surface area contributed by atoms with Crippen LogP contribution in [0.3, 0.4) is 0 Å². The molecule has 0 aliphatic carbocycles. The lowest BCUT2D eigenvalue weighted by atomic mass is 10.3. The van der Waals surface area contributed by atoms with Crippen LogP contribution in [-0.4, -0.2) is 25.1 Å². The Labute approximate surface area is 230 Å². The Balaban J connectivity index is 0.000000623. The fourth-order valence-corrected chi connectivity index (χ4v) is 2.65. The van der Waals surface area contributed by atoms with Crippen molar-refractivity contribution in [3.05, 3.63) is 88.8 Å². The zero-order valence-corrected chi connectivity index (χ0v) is 23.9. The number of aromatic amines is 1. The highest BCUT2D eigenvalue weighted by Gasteiger charge is 2.08. The zero-order chi connectivity index (χ0) is 29.8. The van der Waals surface area contributed by atoms with Crippen molar-refractivity contribution in [3.8, 4) is 17.2 Å². The van der Waals surface area contributed by atoms with Crippen molar-refractivity contribution in [2.75, 3.05) is 0 Å². The molecule has 0 amide bonds. The van der Waals surface area contributed by atoms with Crippen LogP contribution < -0.4 is 5.56 Å². The molecule has 3 aromatic carbocycles. The third-order valence-electron chi connectivity index (χ3n) is 4.37. The van der Waals surface area contributed by atoms with Crippen LogP contribution in [0.15, 0.2) is 98.0 Å². The molecule has 0 unspecified atom stereocenters. The van der Waals surface area contributed by atoms with Gasteiger partial charge in [0.2, 0.25) is 0 Å². The number of aromatic hydroxyl groups is 3. The van der Waals surface area contributed by atoms with Crippen molar-refractivity contribution < 1.29 is 15.3 Å². The molecule has 4 aromatic rings. The number of H-pyrrole nitrogens is 1. The molecule has 1 aromatic heterocycles. The van der Waals surface area contributed by atoms with Gasteiger partial charge in [0.1, 0.15) is 34.3 Å². The number of phenols is 3. The predicted molar refractivity (Wildman–Crippen MR) is 157 cm³/mol. The van der Waals surface area contributed by atoms with Gasteiger partial charge in [-0.25, -0.2) is 0 Å². The number of para-hydroxylation sites is 3. The molecule has 0 saturated carbocycles. The highest BCUT2D eigenvalue weighted by atomic mass is 16.3. The quantitative estimate of drug-likeness (QED) is 0.193. The smallest absolute Gasteiger partial charge is 0.294 e. The first-order valence-corrected chi connectivity index (χ1v) is 12.8. The predicted octanol–water partition coefficient (Wildman–Crippen LogP) is 8.73. The first kappa shape index (κ1) is 34.3. The molecule has 10 nitrogen and oxygen atoms in total. The second kappa shape index (κ2) is 19.4. The molecular formula is C29H40N6O4. The van der Waals surface area contributed by atoms with E-state index in [0.29, 0.717) is 22.8 Å². The average molecular weight is 537 g/mol. The van der Waals surface area contributed by atoms with E-state index in [-0.39, 0.29) is 28.5 Å². The molecular weight excluding hydrogens is 496 g/mol. The molecule has 0 saturated heterocycles. The molecule has 1 heterocycles. The average Bonchev–Trinajstić information content (AvgIpc) is 3.22. The first-order chi connectivity index (χ1) is 18.9. The fourth-order valence-electron chi connectivity index (χ4n) is 2.65. The fraction of sp³-hybridized carbons (Fsp3) is 0.276. The van der Waals surface area contributed by atoms with Gasteiger partial charge in [-0.3, -0.25) is 14.6 Å². The van der Waals surface area contributed by atoms with Crippen molar-refractivity contribution in [2.24, 2.45) is 27.5 Å². The molecule has 0 atom stereocenters. The summed E-state index contributed by atoms with van der Waals surface area (Å²) in [5.41, 5.74) is 1.70. The molecule has 0 aliphatic rings. The largest absolute Gasteiger partial charge is 0.506 e. The summed E-state index contributed by atoms with van der Waals surface area (Å²) in [6.07, 6.45) is 0. The number of azo groups is 2. The lowest BCUT2D eigenvalue weighted by Gasteiger charge is -1.97. The Morgan fingerprint density at radius 3 is 1.18 bits per heavy atom. The van der Waals surface area contributed by atoms with Gasteiger partial charge in [-0.15, -0.1) is 20.5 Å². The molecule has 0 radical (unpaired) electrons. The molecule has 4 N–H and O–H groups in total. The van der Waals surface area contributed by atoms with E-state index in [4.69, 9.17) is 0 Å². The summed E-state index contributed by atoms with van der Waals surface area (Å²) >= 11 is 0. The molecule has 10 heteroatoms. The highest BCUT2D eigenvalue weighted by molar-refractivity contribution is 5.53. The minimum atomic E-state index is -0.248. The number of aryl methyl sites for hydroxylation is 2. The maximum absolute atomic E-state index is 11.6. The van der Waals surface area contributed by atoms with Crippen LogP contribution in [0.25, 0.3) is 0 Å². The normalized spacial score (nSPS) is 9.74. The molecule has 4 rings (SSSR count). The van der Waals surface area contributed by atoms with Gasteiger partial charge in [-0.1, -0.05) is 77.9 Å². The number of nitrogens with one attached hydrogen (secondary N) is 1. The number of aromatic nitrogens is 2. The Morgan fingerprint density at radius 2 is 0.897 bits per heavy atom. The van der Waals surface area contributed by atoms with Crippen LogP contribution in [-0.2, 0) is 7.05 Å². The first-order valence-electron chi connectivity index (χ1n) is 12.8. The van der Waals surface area contributed by atoms with Crippen LogP contribution >= 0.6 is 0 Å². The van der Waals surface area contributed by atoms with Crippen LogP contribution in [0.2, 0.25) is 0 Å². The maximum atomic E-state index is 11.6. The Morgan fingerprint density at radius 1 is 0.590 bits per heavy atom. The van der Waals surface area contributed by atoms with Crippen molar-refractivity contribution >= 4 is 22.7 Å². The van der Waals surface area contributed by atoms with Gasteiger partial charge in [-0.05, 0) is 43.3 Å².